The molecule has 88 valence electrons. The highest BCUT2D eigenvalue weighted by Crippen LogP contribution is 2.20. The second-order valence-corrected chi connectivity index (χ2v) is 5.11. The van der Waals surface area contributed by atoms with Gasteiger partial charge in [0.2, 0.25) is 0 Å². The fourth-order valence-corrected chi connectivity index (χ4v) is 2.23. The fraction of sp³-hybridized carbons (Fsp3) is 0.154. The van der Waals surface area contributed by atoms with Crippen LogP contribution in [-0.4, -0.2) is 5.91 Å². The van der Waals surface area contributed by atoms with Crippen molar-refractivity contribution < 1.29 is 9.18 Å². The molecule has 0 aliphatic heterocycles. The van der Waals surface area contributed by atoms with E-state index in [0.29, 0.717) is 10.6 Å². The van der Waals surface area contributed by atoms with Crippen molar-refractivity contribution in [1.29, 1.82) is 0 Å². The maximum atomic E-state index is 13.1. The lowest BCUT2D eigenvalue weighted by Crippen LogP contribution is -2.11. The second kappa shape index (κ2) is 4.67. The molecular weight excluding hydrogens is 237 g/mol. The first-order chi connectivity index (χ1) is 8.06. The van der Waals surface area contributed by atoms with Crippen molar-refractivity contribution in [2.24, 2.45) is 0 Å². The van der Waals surface area contributed by atoms with Gasteiger partial charge in [0, 0.05) is 10.6 Å². The van der Waals surface area contributed by atoms with Crippen molar-refractivity contribution in [3.05, 3.63) is 51.5 Å². The summed E-state index contributed by atoms with van der Waals surface area (Å²) in [6, 6.07) is 8.00. The van der Waals surface area contributed by atoms with E-state index in [-0.39, 0.29) is 11.7 Å². The van der Waals surface area contributed by atoms with Gasteiger partial charge in [-0.25, -0.2) is 4.39 Å². The van der Waals surface area contributed by atoms with Crippen LogP contribution in [0.5, 0.6) is 0 Å². The SMILES string of the molecule is Cc1ccc(C(=O)Nc2cc(F)ccc2C)s1. The number of anilines is 1. The molecule has 4 heteroatoms. The van der Waals surface area contributed by atoms with Gasteiger partial charge in [0.15, 0.2) is 0 Å². The van der Waals surface area contributed by atoms with Crippen LogP contribution in [0.15, 0.2) is 30.3 Å². The van der Waals surface area contributed by atoms with Crippen LogP contribution in [0, 0.1) is 19.7 Å². The van der Waals surface area contributed by atoms with Crippen molar-refractivity contribution >= 4 is 22.9 Å². The number of hydrogen-bond acceptors (Lipinski definition) is 2. The van der Waals surface area contributed by atoms with Gasteiger partial charge in [-0.15, -0.1) is 11.3 Å². The lowest BCUT2D eigenvalue weighted by Gasteiger charge is -2.07. The van der Waals surface area contributed by atoms with E-state index < -0.39 is 0 Å². The average Bonchev–Trinajstić information content (AvgIpc) is 2.70. The Hall–Kier alpha value is -1.68. The summed E-state index contributed by atoms with van der Waals surface area (Å²) in [6.07, 6.45) is 0. The van der Waals surface area contributed by atoms with E-state index >= 15 is 0 Å². The van der Waals surface area contributed by atoms with Gasteiger partial charge < -0.3 is 5.32 Å². The molecule has 1 aromatic heterocycles. The summed E-state index contributed by atoms with van der Waals surface area (Å²) in [5.41, 5.74) is 1.36. The smallest absolute Gasteiger partial charge is 0.265 e. The zero-order valence-electron chi connectivity index (χ0n) is 9.58. The van der Waals surface area contributed by atoms with E-state index in [0.717, 1.165) is 10.4 Å². The Labute approximate surface area is 103 Å². The van der Waals surface area contributed by atoms with Crippen molar-refractivity contribution in [3.63, 3.8) is 0 Å². The van der Waals surface area contributed by atoms with Gasteiger partial charge in [0.25, 0.3) is 5.91 Å². The van der Waals surface area contributed by atoms with Crippen molar-refractivity contribution in [1.82, 2.24) is 0 Å². The van der Waals surface area contributed by atoms with Gasteiger partial charge >= 0.3 is 0 Å². The van der Waals surface area contributed by atoms with Crippen LogP contribution in [0.2, 0.25) is 0 Å². The molecule has 0 atom stereocenters. The molecule has 0 bridgehead atoms. The fourth-order valence-electron chi connectivity index (χ4n) is 1.47. The first-order valence-electron chi connectivity index (χ1n) is 5.20. The normalized spacial score (nSPS) is 10.3. The highest BCUT2D eigenvalue weighted by molar-refractivity contribution is 7.14. The minimum Gasteiger partial charge on any atom is -0.321 e. The van der Waals surface area contributed by atoms with Gasteiger partial charge in [-0.05, 0) is 43.7 Å². The van der Waals surface area contributed by atoms with Gasteiger partial charge in [-0.3, -0.25) is 4.79 Å². The van der Waals surface area contributed by atoms with Crippen LogP contribution in [0.25, 0.3) is 0 Å². The predicted octanol–water partition coefficient (Wildman–Crippen LogP) is 3.76. The lowest BCUT2D eigenvalue weighted by atomic mass is 10.2. The highest BCUT2D eigenvalue weighted by Gasteiger charge is 2.10. The van der Waals surface area contributed by atoms with Crippen molar-refractivity contribution in [2.45, 2.75) is 13.8 Å². The molecule has 2 nitrogen and oxygen atoms in total. The van der Waals surface area contributed by atoms with Crippen LogP contribution >= 0.6 is 11.3 Å². The topological polar surface area (TPSA) is 29.1 Å². The molecule has 0 aliphatic carbocycles. The number of nitrogens with one attached hydrogen (secondary N) is 1. The molecule has 0 saturated heterocycles. The molecule has 0 aliphatic rings. The van der Waals surface area contributed by atoms with E-state index in [1.54, 1.807) is 12.1 Å². The number of amides is 1. The molecule has 0 spiro atoms. The zero-order chi connectivity index (χ0) is 12.4. The van der Waals surface area contributed by atoms with E-state index in [1.165, 1.54) is 23.5 Å². The summed E-state index contributed by atoms with van der Waals surface area (Å²) in [5.74, 6) is -0.551. The Bertz CT molecular complexity index is 562. The summed E-state index contributed by atoms with van der Waals surface area (Å²) in [7, 11) is 0. The van der Waals surface area contributed by atoms with Gasteiger partial charge in [0.05, 0.1) is 4.88 Å². The number of hydrogen-bond donors (Lipinski definition) is 1. The Morgan fingerprint density at radius 1 is 1.24 bits per heavy atom. The van der Waals surface area contributed by atoms with E-state index in [9.17, 15) is 9.18 Å². The molecule has 1 aromatic carbocycles. The molecule has 0 unspecified atom stereocenters. The molecule has 0 fully saturated rings. The first kappa shape index (κ1) is 11.8. The first-order valence-corrected chi connectivity index (χ1v) is 6.02. The molecule has 1 N–H and O–H groups in total. The second-order valence-electron chi connectivity index (χ2n) is 3.82. The summed E-state index contributed by atoms with van der Waals surface area (Å²) < 4.78 is 13.1. The number of carbonyl (C=O) groups excluding carboxylic acids is 1. The van der Waals surface area contributed by atoms with Gasteiger partial charge in [-0.2, -0.15) is 0 Å². The molecule has 17 heavy (non-hydrogen) atoms. The van der Waals surface area contributed by atoms with E-state index in [2.05, 4.69) is 5.32 Å². The quantitative estimate of drug-likeness (QED) is 0.862. The summed E-state index contributed by atoms with van der Waals surface area (Å²) >= 11 is 1.42. The molecular formula is C13H12FNOS. The molecule has 2 rings (SSSR count). The molecule has 1 heterocycles. The molecule has 0 radical (unpaired) electrons. The minimum atomic E-state index is -0.353. The van der Waals surface area contributed by atoms with Gasteiger partial charge in [0.1, 0.15) is 5.82 Å². The predicted molar refractivity (Wildman–Crippen MR) is 68.1 cm³/mol. The Morgan fingerprint density at radius 2 is 2.00 bits per heavy atom. The van der Waals surface area contributed by atoms with Gasteiger partial charge in [-0.1, -0.05) is 6.07 Å². The Balaban J connectivity index is 2.21. The standard InChI is InChI=1S/C13H12FNOS/c1-8-3-5-10(14)7-11(8)15-13(16)12-6-4-9(2)17-12/h3-7H,1-2H3,(H,15,16). The number of rotatable bonds is 2. The van der Waals surface area contributed by atoms with E-state index in [1.807, 2.05) is 19.9 Å². The van der Waals surface area contributed by atoms with Crippen LogP contribution in [0.1, 0.15) is 20.1 Å². The number of thiophene rings is 1. The molecule has 1 amide bonds. The Kier molecular flexibility index (Phi) is 3.24. The summed E-state index contributed by atoms with van der Waals surface area (Å²) in [5, 5.41) is 2.71. The van der Waals surface area contributed by atoms with Crippen LogP contribution in [-0.2, 0) is 0 Å². The highest BCUT2D eigenvalue weighted by atomic mass is 32.1. The van der Waals surface area contributed by atoms with Crippen molar-refractivity contribution in [2.75, 3.05) is 5.32 Å². The third-order valence-electron chi connectivity index (χ3n) is 2.41. The zero-order valence-corrected chi connectivity index (χ0v) is 10.4. The number of aryl methyl sites for hydroxylation is 2. The van der Waals surface area contributed by atoms with E-state index in [4.69, 9.17) is 0 Å². The summed E-state index contributed by atoms with van der Waals surface area (Å²) in [6.45, 7) is 3.77. The third kappa shape index (κ3) is 2.71. The maximum Gasteiger partial charge on any atom is 0.265 e. The maximum absolute atomic E-state index is 13.1. The molecule has 2 aromatic rings. The van der Waals surface area contributed by atoms with Crippen LogP contribution in [0.4, 0.5) is 10.1 Å². The minimum absolute atomic E-state index is 0.197. The lowest BCUT2D eigenvalue weighted by molar-refractivity contribution is 0.103. The summed E-state index contributed by atoms with van der Waals surface area (Å²) in [4.78, 5) is 13.6. The average molecular weight is 249 g/mol. The largest absolute Gasteiger partial charge is 0.321 e. The van der Waals surface area contributed by atoms with Crippen LogP contribution in [0.3, 0.4) is 0 Å². The number of benzene rings is 1. The van der Waals surface area contributed by atoms with Crippen LogP contribution < -0.4 is 5.32 Å². The molecule has 0 saturated carbocycles. The Morgan fingerprint density at radius 3 is 2.65 bits per heavy atom. The monoisotopic (exact) mass is 249 g/mol. The number of halogens is 1. The third-order valence-corrected chi connectivity index (χ3v) is 3.41. The van der Waals surface area contributed by atoms with Crippen molar-refractivity contribution in [3.8, 4) is 0 Å². The number of carbonyl (C=O) groups is 1.